The maximum Gasteiger partial charge on any atom is 0.238 e. The van der Waals surface area contributed by atoms with Crippen LogP contribution in [0.2, 0.25) is 5.02 Å². The second-order valence-corrected chi connectivity index (χ2v) is 7.15. The summed E-state index contributed by atoms with van der Waals surface area (Å²) in [6.07, 6.45) is 0.488. The topological polar surface area (TPSA) is 71.5 Å². The van der Waals surface area contributed by atoms with E-state index in [1.807, 2.05) is 0 Å². The Morgan fingerprint density at radius 3 is 2.48 bits per heavy atom. The minimum absolute atomic E-state index is 0.0622. The number of rotatable bonds is 3. The molecule has 1 aromatic carbocycles. The van der Waals surface area contributed by atoms with Crippen molar-refractivity contribution in [1.82, 2.24) is 4.90 Å². The molecule has 8 heteroatoms. The molecule has 0 radical (unpaired) electrons. The van der Waals surface area contributed by atoms with E-state index in [-0.39, 0.29) is 41.6 Å². The number of amides is 1. The summed E-state index contributed by atoms with van der Waals surface area (Å²) in [7, 11) is -3.89. The van der Waals surface area contributed by atoms with Crippen LogP contribution in [0.5, 0.6) is 0 Å². The fraction of sp³-hybridized carbons (Fsp3) is 0.385. The molecular formula is C13H13ClFNO4S. The lowest BCUT2D eigenvalue weighted by Crippen LogP contribution is -2.41. The molecule has 1 fully saturated rings. The summed E-state index contributed by atoms with van der Waals surface area (Å²) in [4.78, 5) is 24.2. The summed E-state index contributed by atoms with van der Waals surface area (Å²) in [5.74, 6) is -1.95. The van der Waals surface area contributed by atoms with Gasteiger partial charge >= 0.3 is 0 Å². The molecule has 0 saturated carbocycles. The van der Waals surface area contributed by atoms with E-state index in [2.05, 4.69) is 0 Å². The maximum absolute atomic E-state index is 13.0. The molecule has 0 aromatic heterocycles. The molecule has 1 aliphatic rings. The van der Waals surface area contributed by atoms with Gasteiger partial charge in [0.05, 0.1) is 9.92 Å². The molecule has 1 aliphatic heterocycles. The Balaban J connectivity index is 2.11. The number of ketones is 1. The van der Waals surface area contributed by atoms with Crippen LogP contribution >= 0.6 is 11.6 Å². The molecule has 5 nitrogen and oxygen atoms in total. The number of Topliss-reactive ketones (excluding diaryl/α,β-unsaturated/α-hetero) is 1. The quantitative estimate of drug-likeness (QED) is 0.785. The number of sulfone groups is 1. The van der Waals surface area contributed by atoms with E-state index in [4.69, 9.17) is 11.6 Å². The highest BCUT2D eigenvalue weighted by Gasteiger charge is 2.26. The zero-order valence-corrected chi connectivity index (χ0v) is 12.6. The molecule has 114 valence electrons. The van der Waals surface area contributed by atoms with Gasteiger partial charge in [0.2, 0.25) is 5.91 Å². The third-order valence-corrected chi connectivity index (χ3v) is 5.13. The van der Waals surface area contributed by atoms with E-state index >= 15 is 0 Å². The van der Waals surface area contributed by atoms with Crippen LogP contribution in [0.15, 0.2) is 23.1 Å². The van der Waals surface area contributed by atoms with E-state index in [0.717, 1.165) is 18.2 Å². The molecule has 0 unspecified atom stereocenters. The first-order chi connectivity index (χ1) is 9.79. The van der Waals surface area contributed by atoms with Crippen LogP contribution in [0, 0.1) is 5.82 Å². The first kappa shape index (κ1) is 15.9. The van der Waals surface area contributed by atoms with Crippen molar-refractivity contribution < 1.29 is 22.4 Å². The summed E-state index contributed by atoms with van der Waals surface area (Å²) < 4.78 is 37.3. The molecule has 2 rings (SSSR count). The number of nitrogens with zero attached hydrogens (tertiary/aromatic N) is 1. The van der Waals surface area contributed by atoms with Crippen LogP contribution in [0.25, 0.3) is 0 Å². The number of halogens is 2. The molecule has 1 aromatic rings. The van der Waals surface area contributed by atoms with Gasteiger partial charge in [0, 0.05) is 25.9 Å². The number of piperidine rings is 1. The van der Waals surface area contributed by atoms with Gasteiger partial charge in [0.1, 0.15) is 17.4 Å². The van der Waals surface area contributed by atoms with Crippen molar-refractivity contribution in [3.05, 3.63) is 29.0 Å². The number of benzene rings is 1. The SMILES string of the molecule is O=C1CCN(C(=O)CS(=O)(=O)c2ccc(F)c(Cl)c2)CC1. The molecule has 0 aliphatic carbocycles. The lowest BCUT2D eigenvalue weighted by molar-refractivity contribution is -0.132. The number of carbonyl (C=O) groups is 2. The van der Waals surface area contributed by atoms with Crippen molar-refractivity contribution in [2.75, 3.05) is 18.8 Å². The summed E-state index contributed by atoms with van der Waals surface area (Å²) in [6, 6.07) is 3.00. The average molecular weight is 334 g/mol. The number of carbonyl (C=O) groups excluding carboxylic acids is 2. The van der Waals surface area contributed by atoms with E-state index < -0.39 is 27.3 Å². The number of likely N-dealkylation sites (tertiary alicyclic amines) is 1. The van der Waals surface area contributed by atoms with E-state index in [0.29, 0.717) is 0 Å². The Morgan fingerprint density at radius 2 is 1.90 bits per heavy atom. The highest BCUT2D eigenvalue weighted by atomic mass is 35.5. The monoisotopic (exact) mass is 333 g/mol. The Labute approximate surface area is 126 Å². The van der Waals surface area contributed by atoms with Crippen LogP contribution in [0.1, 0.15) is 12.8 Å². The molecular weight excluding hydrogens is 321 g/mol. The Morgan fingerprint density at radius 1 is 1.29 bits per heavy atom. The normalized spacial score (nSPS) is 16.1. The van der Waals surface area contributed by atoms with E-state index in [9.17, 15) is 22.4 Å². The molecule has 21 heavy (non-hydrogen) atoms. The second-order valence-electron chi connectivity index (χ2n) is 4.75. The van der Waals surface area contributed by atoms with Crippen molar-refractivity contribution in [2.45, 2.75) is 17.7 Å². The first-order valence-electron chi connectivity index (χ1n) is 6.27. The maximum atomic E-state index is 13.0. The smallest absolute Gasteiger partial charge is 0.238 e. The summed E-state index contributed by atoms with van der Waals surface area (Å²) >= 11 is 5.55. The highest BCUT2D eigenvalue weighted by Crippen LogP contribution is 2.21. The van der Waals surface area contributed by atoms with E-state index in [1.54, 1.807) is 0 Å². The van der Waals surface area contributed by atoms with Gasteiger partial charge in [-0.05, 0) is 18.2 Å². The van der Waals surface area contributed by atoms with Gasteiger partial charge in [-0.1, -0.05) is 11.6 Å². The molecule has 1 amide bonds. The predicted octanol–water partition coefficient (Wildman–Crippen LogP) is 1.44. The number of hydrogen-bond donors (Lipinski definition) is 0. The first-order valence-corrected chi connectivity index (χ1v) is 8.30. The largest absolute Gasteiger partial charge is 0.341 e. The molecule has 0 spiro atoms. The zero-order chi connectivity index (χ0) is 15.6. The zero-order valence-electron chi connectivity index (χ0n) is 11.0. The van der Waals surface area contributed by atoms with Gasteiger partial charge in [-0.15, -0.1) is 0 Å². The fourth-order valence-electron chi connectivity index (χ4n) is 2.01. The van der Waals surface area contributed by atoms with Crippen molar-refractivity contribution in [1.29, 1.82) is 0 Å². The fourth-order valence-corrected chi connectivity index (χ4v) is 3.51. The minimum atomic E-state index is -3.89. The molecule has 1 heterocycles. The molecule has 0 atom stereocenters. The summed E-state index contributed by atoms with van der Waals surface area (Å²) in [5.41, 5.74) is 0. The van der Waals surface area contributed by atoms with Crippen molar-refractivity contribution in [3.63, 3.8) is 0 Å². The molecule has 0 bridgehead atoms. The number of hydrogen-bond acceptors (Lipinski definition) is 4. The Kier molecular flexibility index (Phi) is 4.63. The third-order valence-electron chi connectivity index (χ3n) is 3.24. The van der Waals surface area contributed by atoms with Crippen LogP contribution in [0.3, 0.4) is 0 Å². The van der Waals surface area contributed by atoms with Crippen molar-refractivity contribution >= 4 is 33.1 Å². The van der Waals surface area contributed by atoms with Gasteiger partial charge in [-0.2, -0.15) is 0 Å². The van der Waals surface area contributed by atoms with Crippen LogP contribution in [0.4, 0.5) is 4.39 Å². The third kappa shape index (κ3) is 3.79. The lowest BCUT2D eigenvalue weighted by Gasteiger charge is -2.25. The van der Waals surface area contributed by atoms with Crippen LogP contribution in [-0.4, -0.2) is 43.9 Å². The Hall–Kier alpha value is -1.47. The van der Waals surface area contributed by atoms with Crippen LogP contribution < -0.4 is 0 Å². The standard InChI is InChI=1S/C13H13ClFNO4S/c14-11-7-10(1-2-12(11)15)21(19,20)8-13(18)16-5-3-9(17)4-6-16/h1-2,7H,3-6,8H2. The summed E-state index contributed by atoms with van der Waals surface area (Å²) in [5, 5.41) is -0.313. The second kappa shape index (κ2) is 6.11. The van der Waals surface area contributed by atoms with Gasteiger partial charge < -0.3 is 4.90 Å². The van der Waals surface area contributed by atoms with Crippen LogP contribution in [-0.2, 0) is 19.4 Å². The predicted molar refractivity (Wildman–Crippen MR) is 74.3 cm³/mol. The van der Waals surface area contributed by atoms with Gasteiger partial charge in [0.15, 0.2) is 9.84 Å². The van der Waals surface area contributed by atoms with Gasteiger partial charge in [-0.3, -0.25) is 9.59 Å². The lowest BCUT2D eigenvalue weighted by atomic mass is 10.1. The van der Waals surface area contributed by atoms with Gasteiger partial charge in [-0.25, -0.2) is 12.8 Å². The summed E-state index contributed by atoms with van der Waals surface area (Å²) in [6.45, 7) is 0.467. The average Bonchev–Trinajstić information content (AvgIpc) is 2.42. The molecule has 1 saturated heterocycles. The van der Waals surface area contributed by atoms with Crippen molar-refractivity contribution in [3.8, 4) is 0 Å². The minimum Gasteiger partial charge on any atom is -0.341 e. The van der Waals surface area contributed by atoms with E-state index in [1.165, 1.54) is 4.90 Å². The van der Waals surface area contributed by atoms with Gasteiger partial charge in [0.25, 0.3) is 0 Å². The van der Waals surface area contributed by atoms with Crippen molar-refractivity contribution in [2.24, 2.45) is 0 Å². The molecule has 0 N–H and O–H groups in total. The highest BCUT2D eigenvalue weighted by molar-refractivity contribution is 7.92. The Bertz CT molecular complexity index is 679.